The molecule has 2 heterocycles. The Morgan fingerprint density at radius 3 is 2.93 bits per heavy atom. The monoisotopic (exact) mass is 401 g/mol. The van der Waals surface area contributed by atoms with E-state index < -0.39 is 0 Å². The number of halogens is 2. The Bertz CT molecular complexity index is 978. The molecule has 3 aromatic rings. The van der Waals surface area contributed by atoms with Crippen LogP contribution in [0.4, 0.5) is 4.39 Å². The lowest BCUT2D eigenvalue weighted by Gasteiger charge is -2.13. The van der Waals surface area contributed by atoms with Crippen molar-refractivity contribution in [3.63, 3.8) is 0 Å². The zero-order valence-corrected chi connectivity index (χ0v) is 16.1. The largest absolute Gasteiger partial charge is 0.368 e. The Kier molecular flexibility index (Phi) is 5.59. The molecule has 1 atom stereocenters. The van der Waals surface area contributed by atoms with E-state index in [-0.39, 0.29) is 24.4 Å². The summed E-state index contributed by atoms with van der Waals surface area (Å²) < 4.78 is 21.7. The van der Waals surface area contributed by atoms with Crippen LogP contribution in [0.15, 0.2) is 42.5 Å². The molecule has 7 heteroatoms. The number of fused-ring (bicyclic) bond motifs is 1. The van der Waals surface area contributed by atoms with Crippen LogP contribution in [-0.2, 0) is 22.5 Å². The molecular formula is C21H21ClFN3O2. The number of nitrogens with zero attached hydrogens (tertiary/aromatic N) is 2. The molecule has 1 saturated heterocycles. The predicted octanol–water partition coefficient (Wildman–Crippen LogP) is 3.71. The predicted molar refractivity (Wildman–Crippen MR) is 106 cm³/mol. The number of amides is 1. The molecule has 0 radical (unpaired) electrons. The van der Waals surface area contributed by atoms with E-state index in [1.54, 1.807) is 12.1 Å². The van der Waals surface area contributed by atoms with Gasteiger partial charge in [0.15, 0.2) is 0 Å². The fourth-order valence-corrected chi connectivity index (χ4v) is 3.75. The third kappa shape index (κ3) is 3.88. The van der Waals surface area contributed by atoms with Crippen molar-refractivity contribution in [2.75, 3.05) is 13.2 Å². The van der Waals surface area contributed by atoms with E-state index in [1.807, 2.05) is 28.8 Å². The minimum atomic E-state index is -0.351. The van der Waals surface area contributed by atoms with Crippen LogP contribution in [0.2, 0.25) is 5.02 Å². The van der Waals surface area contributed by atoms with Crippen molar-refractivity contribution < 1.29 is 13.9 Å². The number of para-hydroxylation sites is 2. The van der Waals surface area contributed by atoms with E-state index in [0.29, 0.717) is 30.2 Å². The van der Waals surface area contributed by atoms with Crippen molar-refractivity contribution in [3.05, 3.63) is 64.7 Å². The van der Waals surface area contributed by atoms with Crippen LogP contribution in [0, 0.1) is 5.82 Å². The number of nitrogens with one attached hydrogen (secondary N) is 1. The van der Waals surface area contributed by atoms with Crippen molar-refractivity contribution in [1.29, 1.82) is 0 Å². The number of benzene rings is 2. The molecule has 1 aliphatic heterocycles. The number of carbonyl (C=O) groups is 1. The van der Waals surface area contributed by atoms with E-state index in [2.05, 4.69) is 10.3 Å². The van der Waals surface area contributed by atoms with Gasteiger partial charge in [-0.25, -0.2) is 9.37 Å². The highest BCUT2D eigenvalue weighted by Crippen LogP contribution is 2.24. The molecule has 1 unspecified atom stereocenters. The van der Waals surface area contributed by atoms with Gasteiger partial charge in [0.25, 0.3) is 0 Å². The molecule has 1 aliphatic rings. The van der Waals surface area contributed by atoms with Crippen LogP contribution in [0.5, 0.6) is 0 Å². The van der Waals surface area contributed by atoms with Crippen molar-refractivity contribution in [2.24, 2.45) is 0 Å². The molecule has 2 aromatic carbocycles. The quantitative estimate of drug-likeness (QED) is 0.685. The third-order valence-electron chi connectivity index (χ3n) is 4.98. The molecule has 0 aliphatic carbocycles. The molecule has 28 heavy (non-hydrogen) atoms. The highest BCUT2D eigenvalue weighted by molar-refractivity contribution is 6.31. The molecule has 5 nitrogen and oxygen atoms in total. The summed E-state index contributed by atoms with van der Waals surface area (Å²) in [4.78, 5) is 16.8. The number of carbonyl (C=O) groups excluding carboxylic acids is 1. The molecule has 1 aromatic heterocycles. The van der Waals surface area contributed by atoms with Crippen molar-refractivity contribution in [1.82, 2.24) is 14.9 Å². The van der Waals surface area contributed by atoms with Gasteiger partial charge in [-0.1, -0.05) is 29.8 Å². The maximum absolute atomic E-state index is 14.3. The van der Waals surface area contributed by atoms with Crippen molar-refractivity contribution in [3.8, 4) is 0 Å². The molecule has 4 rings (SSSR count). The molecule has 1 fully saturated rings. The molecule has 0 saturated carbocycles. The van der Waals surface area contributed by atoms with Crippen LogP contribution in [0.25, 0.3) is 11.0 Å². The minimum absolute atomic E-state index is 0.0858. The number of ether oxygens (including phenoxy) is 1. The zero-order valence-electron chi connectivity index (χ0n) is 15.3. The lowest BCUT2D eigenvalue weighted by Crippen LogP contribution is -2.35. The summed E-state index contributed by atoms with van der Waals surface area (Å²) in [6.07, 6.45) is 1.85. The number of aromatic nitrogens is 2. The standard InChI is InChI=1S/C21H21ClFN3O2/c22-15-5-3-6-16(23)14(15)13-26-18-8-2-1-7-17(18)25-20(26)10-11-24-21(27)19-9-4-12-28-19/h1-3,5-8,19H,4,9-13H2,(H,24,27). The molecule has 0 bridgehead atoms. The van der Waals surface area contributed by atoms with Crippen LogP contribution < -0.4 is 5.32 Å². The Morgan fingerprint density at radius 1 is 1.29 bits per heavy atom. The Labute approximate surface area is 167 Å². The highest BCUT2D eigenvalue weighted by atomic mass is 35.5. The maximum atomic E-state index is 14.3. The summed E-state index contributed by atoms with van der Waals surface area (Å²) in [6, 6.07) is 12.4. The summed E-state index contributed by atoms with van der Waals surface area (Å²) in [6.45, 7) is 1.35. The zero-order chi connectivity index (χ0) is 19.5. The van der Waals surface area contributed by atoms with Crippen LogP contribution >= 0.6 is 11.6 Å². The summed E-state index contributed by atoms with van der Waals surface area (Å²) in [5, 5.41) is 3.30. The van der Waals surface area contributed by atoms with Gasteiger partial charge in [-0.15, -0.1) is 0 Å². The number of imidazole rings is 1. The van der Waals surface area contributed by atoms with E-state index in [9.17, 15) is 9.18 Å². The van der Waals surface area contributed by atoms with Crippen LogP contribution in [0.1, 0.15) is 24.2 Å². The molecule has 146 valence electrons. The molecule has 0 spiro atoms. The Balaban J connectivity index is 1.56. The topological polar surface area (TPSA) is 56.2 Å². The van der Waals surface area contributed by atoms with Crippen molar-refractivity contribution in [2.45, 2.75) is 31.9 Å². The summed E-state index contributed by atoms with van der Waals surface area (Å²) in [5.74, 6) is 0.341. The van der Waals surface area contributed by atoms with Gasteiger partial charge < -0.3 is 14.6 Å². The van der Waals surface area contributed by atoms with Crippen molar-refractivity contribution >= 4 is 28.5 Å². The van der Waals surface area contributed by atoms with E-state index >= 15 is 0 Å². The lowest BCUT2D eigenvalue weighted by molar-refractivity contribution is -0.130. The molecule has 1 N–H and O–H groups in total. The van der Waals surface area contributed by atoms with Gasteiger partial charge in [-0.05, 0) is 37.1 Å². The average molecular weight is 402 g/mol. The minimum Gasteiger partial charge on any atom is -0.368 e. The Morgan fingerprint density at radius 2 is 2.14 bits per heavy atom. The van der Waals surface area contributed by atoms with Gasteiger partial charge in [-0.3, -0.25) is 4.79 Å². The first-order valence-corrected chi connectivity index (χ1v) is 9.77. The first kappa shape index (κ1) is 18.9. The Hall–Kier alpha value is -2.44. The average Bonchev–Trinajstić information content (AvgIpc) is 3.33. The fourth-order valence-electron chi connectivity index (χ4n) is 3.53. The normalized spacial score (nSPS) is 16.6. The molecule has 1 amide bonds. The van der Waals surface area contributed by atoms with Crippen LogP contribution in [-0.4, -0.2) is 34.7 Å². The van der Waals surface area contributed by atoms with E-state index in [4.69, 9.17) is 16.3 Å². The third-order valence-corrected chi connectivity index (χ3v) is 5.34. The first-order chi connectivity index (χ1) is 13.6. The number of hydrogen-bond acceptors (Lipinski definition) is 3. The maximum Gasteiger partial charge on any atom is 0.249 e. The summed E-state index contributed by atoms with van der Waals surface area (Å²) >= 11 is 6.22. The van der Waals surface area contributed by atoms with Gasteiger partial charge in [-0.2, -0.15) is 0 Å². The SMILES string of the molecule is O=C(NCCc1nc2ccccc2n1Cc1c(F)cccc1Cl)C1CCCO1. The lowest BCUT2D eigenvalue weighted by atomic mass is 10.2. The second-order valence-corrected chi connectivity index (χ2v) is 7.25. The molecular weight excluding hydrogens is 381 g/mol. The van der Waals surface area contributed by atoms with E-state index in [1.165, 1.54) is 6.07 Å². The fraction of sp³-hybridized carbons (Fsp3) is 0.333. The van der Waals surface area contributed by atoms with Gasteiger partial charge in [0.05, 0.1) is 17.6 Å². The first-order valence-electron chi connectivity index (χ1n) is 9.40. The summed E-state index contributed by atoms with van der Waals surface area (Å²) in [5.41, 5.74) is 2.16. The van der Waals surface area contributed by atoms with E-state index in [0.717, 1.165) is 29.7 Å². The smallest absolute Gasteiger partial charge is 0.249 e. The second-order valence-electron chi connectivity index (χ2n) is 6.85. The van der Waals surface area contributed by atoms with Gasteiger partial charge in [0, 0.05) is 30.2 Å². The number of rotatable bonds is 6. The highest BCUT2D eigenvalue weighted by Gasteiger charge is 2.23. The van der Waals surface area contributed by atoms with Gasteiger partial charge in [0.2, 0.25) is 5.91 Å². The van der Waals surface area contributed by atoms with Gasteiger partial charge in [0.1, 0.15) is 17.7 Å². The second kappa shape index (κ2) is 8.29. The number of hydrogen-bond donors (Lipinski definition) is 1. The van der Waals surface area contributed by atoms with Gasteiger partial charge >= 0.3 is 0 Å². The summed E-state index contributed by atoms with van der Waals surface area (Å²) in [7, 11) is 0. The van der Waals surface area contributed by atoms with Crippen LogP contribution in [0.3, 0.4) is 0 Å².